The van der Waals surface area contributed by atoms with Crippen LogP contribution in [0.4, 0.5) is 0 Å². The molecule has 0 amide bonds. The van der Waals surface area contributed by atoms with E-state index in [2.05, 4.69) is 26.1 Å². The van der Waals surface area contributed by atoms with E-state index >= 15 is 0 Å². The number of aromatic nitrogens is 2. The monoisotopic (exact) mass is 309 g/mol. The number of benzene rings is 1. The van der Waals surface area contributed by atoms with E-state index < -0.39 is 0 Å². The van der Waals surface area contributed by atoms with Gasteiger partial charge in [-0.1, -0.05) is 40.1 Å². The van der Waals surface area contributed by atoms with Crippen molar-refractivity contribution in [1.29, 1.82) is 0 Å². The second-order valence-electron chi connectivity index (χ2n) is 4.28. The van der Waals surface area contributed by atoms with Crippen molar-refractivity contribution >= 4 is 15.9 Å². The number of hydrogen-bond donors (Lipinski definition) is 1. The molecule has 1 atom stereocenters. The Labute approximate surface area is 115 Å². The van der Waals surface area contributed by atoms with Gasteiger partial charge in [-0.2, -0.15) is 4.98 Å². The Morgan fingerprint density at radius 2 is 2.06 bits per heavy atom. The Hall–Kier alpha value is -1.20. The number of nitrogens with zero attached hydrogens (tertiary/aromatic N) is 2. The molecule has 1 heterocycles. The van der Waals surface area contributed by atoms with Crippen LogP contribution in [0, 0.1) is 0 Å². The number of hydrogen-bond acceptors (Lipinski definition) is 4. The smallest absolute Gasteiger partial charge is 0.231 e. The van der Waals surface area contributed by atoms with Crippen molar-refractivity contribution < 1.29 is 4.52 Å². The normalized spacial score (nSPS) is 12.6. The number of halogens is 1. The predicted molar refractivity (Wildman–Crippen MR) is 73.2 cm³/mol. The second-order valence-corrected chi connectivity index (χ2v) is 5.20. The van der Waals surface area contributed by atoms with Crippen LogP contribution >= 0.6 is 15.9 Å². The van der Waals surface area contributed by atoms with E-state index in [4.69, 9.17) is 10.3 Å². The van der Waals surface area contributed by atoms with Crippen molar-refractivity contribution in [2.75, 3.05) is 0 Å². The maximum Gasteiger partial charge on any atom is 0.231 e. The molecule has 2 aromatic rings. The summed E-state index contributed by atoms with van der Waals surface area (Å²) in [4.78, 5) is 4.35. The maximum absolute atomic E-state index is 5.86. The fourth-order valence-electron chi connectivity index (χ4n) is 1.60. The van der Waals surface area contributed by atoms with E-state index in [-0.39, 0.29) is 6.04 Å². The molecule has 0 saturated heterocycles. The first-order valence-corrected chi connectivity index (χ1v) is 6.78. The molecular weight excluding hydrogens is 294 g/mol. The van der Waals surface area contributed by atoms with Gasteiger partial charge in [0.15, 0.2) is 5.82 Å². The van der Waals surface area contributed by atoms with Gasteiger partial charge in [-0.3, -0.25) is 0 Å². The summed E-state index contributed by atoms with van der Waals surface area (Å²) in [6, 6.07) is 8.17. The molecule has 0 aliphatic rings. The van der Waals surface area contributed by atoms with Gasteiger partial charge in [0, 0.05) is 16.9 Å². The summed E-state index contributed by atoms with van der Waals surface area (Å²) in [5.74, 6) is 1.33. The Morgan fingerprint density at radius 1 is 1.33 bits per heavy atom. The van der Waals surface area contributed by atoms with Gasteiger partial charge in [0.1, 0.15) is 0 Å². The molecule has 0 radical (unpaired) electrons. The van der Waals surface area contributed by atoms with Crippen molar-refractivity contribution in [2.24, 2.45) is 5.73 Å². The molecule has 0 fully saturated rings. The van der Waals surface area contributed by atoms with Gasteiger partial charge < -0.3 is 10.3 Å². The molecule has 2 N–H and O–H groups in total. The molecule has 1 aromatic carbocycles. The van der Waals surface area contributed by atoms with Crippen molar-refractivity contribution in [1.82, 2.24) is 10.1 Å². The Kier molecular flexibility index (Phi) is 4.49. The highest BCUT2D eigenvalue weighted by Gasteiger charge is 2.10. The highest BCUT2D eigenvalue weighted by Crippen LogP contribution is 2.13. The van der Waals surface area contributed by atoms with E-state index in [0.29, 0.717) is 24.6 Å². The van der Waals surface area contributed by atoms with Crippen LogP contribution < -0.4 is 5.73 Å². The summed E-state index contributed by atoms with van der Waals surface area (Å²) in [6.07, 6.45) is 2.23. The van der Waals surface area contributed by atoms with Crippen LogP contribution in [-0.4, -0.2) is 16.2 Å². The van der Waals surface area contributed by atoms with Gasteiger partial charge in [0.05, 0.1) is 6.42 Å². The standard InChI is InChI=1S/C13H16BrN3O/c1-2-11(15)8-12-16-13(18-17-12)7-9-3-5-10(14)6-4-9/h3-6,11H,2,7-8,15H2,1H3. The lowest BCUT2D eigenvalue weighted by molar-refractivity contribution is 0.377. The molecule has 2 rings (SSSR count). The molecule has 5 heteroatoms. The SMILES string of the molecule is CCC(N)Cc1noc(Cc2ccc(Br)cc2)n1. The van der Waals surface area contributed by atoms with Gasteiger partial charge in [-0.05, 0) is 24.1 Å². The molecular formula is C13H16BrN3O. The average molecular weight is 310 g/mol. The Bertz CT molecular complexity index is 495. The molecule has 0 bridgehead atoms. The van der Waals surface area contributed by atoms with E-state index in [1.807, 2.05) is 31.2 Å². The molecule has 1 aromatic heterocycles. The van der Waals surface area contributed by atoms with Gasteiger partial charge in [0.25, 0.3) is 0 Å². The summed E-state index contributed by atoms with van der Waals surface area (Å²) in [7, 11) is 0. The largest absolute Gasteiger partial charge is 0.339 e. The van der Waals surface area contributed by atoms with Crippen LogP contribution in [0.5, 0.6) is 0 Å². The molecule has 4 nitrogen and oxygen atoms in total. The molecule has 18 heavy (non-hydrogen) atoms. The molecule has 0 aliphatic carbocycles. The van der Waals surface area contributed by atoms with E-state index in [1.54, 1.807) is 0 Å². The molecule has 0 aliphatic heterocycles. The zero-order chi connectivity index (χ0) is 13.0. The van der Waals surface area contributed by atoms with E-state index in [0.717, 1.165) is 16.5 Å². The number of nitrogens with two attached hydrogens (primary N) is 1. The molecule has 0 spiro atoms. The highest BCUT2D eigenvalue weighted by atomic mass is 79.9. The Morgan fingerprint density at radius 3 is 2.72 bits per heavy atom. The Balaban J connectivity index is 2.00. The van der Waals surface area contributed by atoms with Crippen LogP contribution in [-0.2, 0) is 12.8 Å². The average Bonchev–Trinajstić information content (AvgIpc) is 2.79. The van der Waals surface area contributed by atoms with Crippen LogP contribution in [0.1, 0.15) is 30.6 Å². The lowest BCUT2D eigenvalue weighted by atomic mass is 10.1. The number of rotatable bonds is 5. The first-order chi connectivity index (χ1) is 8.67. The van der Waals surface area contributed by atoms with Crippen molar-refractivity contribution in [2.45, 2.75) is 32.2 Å². The summed E-state index contributed by atoms with van der Waals surface area (Å²) in [6.45, 7) is 2.05. The minimum atomic E-state index is 0.100. The second kappa shape index (κ2) is 6.11. The third kappa shape index (κ3) is 3.65. The topological polar surface area (TPSA) is 64.9 Å². The zero-order valence-corrected chi connectivity index (χ0v) is 11.9. The third-order valence-corrected chi connectivity index (χ3v) is 3.28. The van der Waals surface area contributed by atoms with Crippen LogP contribution in [0.25, 0.3) is 0 Å². The van der Waals surface area contributed by atoms with E-state index in [9.17, 15) is 0 Å². The minimum absolute atomic E-state index is 0.100. The van der Waals surface area contributed by atoms with Crippen molar-refractivity contribution in [3.8, 4) is 0 Å². The summed E-state index contributed by atoms with van der Waals surface area (Å²) < 4.78 is 6.28. The summed E-state index contributed by atoms with van der Waals surface area (Å²) in [5.41, 5.74) is 7.00. The lowest BCUT2D eigenvalue weighted by Gasteiger charge is -2.02. The van der Waals surface area contributed by atoms with Crippen LogP contribution in [0.2, 0.25) is 0 Å². The molecule has 1 unspecified atom stereocenters. The van der Waals surface area contributed by atoms with Gasteiger partial charge in [0.2, 0.25) is 5.89 Å². The molecule has 96 valence electrons. The fraction of sp³-hybridized carbons (Fsp3) is 0.385. The van der Waals surface area contributed by atoms with Crippen molar-refractivity contribution in [3.05, 3.63) is 46.0 Å². The predicted octanol–water partition coefficient (Wildman–Crippen LogP) is 2.70. The van der Waals surface area contributed by atoms with Crippen LogP contribution in [0.15, 0.2) is 33.3 Å². The quantitative estimate of drug-likeness (QED) is 0.922. The summed E-state index contributed by atoms with van der Waals surface area (Å²) in [5, 5.41) is 3.94. The van der Waals surface area contributed by atoms with Gasteiger partial charge >= 0.3 is 0 Å². The fourth-order valence-corrected chi connectivity index (χ4v) is 1.86. The minimum Gasteiger partial charge on any atom is -0.339 e. The highest BCUT2D eigenvalue weighted by molar-refractivity contribution is 9.10. The molecule has 0 saturated carbocycles. The van der Waals surface area contributed by atoms with Crippen LogP contribution in [0.3, 0.4) is 0 Å². The van der Waals surface area contributed by atoms with Crippen molar-refractivity contribution in [3.63, 3.8) is 0 Å². The first kappa shape index (κ1) is 13.2. The van der Waals surface area contributed by atoms with E-state index in [1.165, 1.54) is 0 Å². The van der Waals surface area contributed by atoms with Gasteiger partial charge in [-0.25, -0.2) is 0 Å². The third-order valence-electron chi connectivity index (χ3n) is 2.75. The maximum atomic E-state index is 5.86. The van der Waals surface area contributed by atoms with Gasteiger partial charge in [-0.15, -0.1) is 0 Å². The first-order valence-electron chi connectivity index (χ1n) is 5.99. The summed E-state index contributed by atoms with van der Waals surface area (Å²) >= 11 is 3.40. The zero-order valence-electron chi connectivity index (χ0n) is 10.3. The lowest BCUT2D eigenvalue weighted by Crippen LogP contribution is -2.22.